The van der Waals surface area contributed by atoms with E-state index in [9.17, 15) is 9.59 Å². The molecule has 2 saturated heterocycles. The van der Waals surface area contributed by atoms with Gasteiger partial charge in [-0.2, -0.15) is 0 Å². The molecule has 0 aromatic carbocycles. The first-order valence-electron chi connectivity index (χ1n) is 6.30. The molecule has 0 aliphatic carbocycles. The first kappa shape index (κ1) is 11.4. The predicted octanol–water partition coefficient (Wildman–Crippen LogP) is 1.99. The Kier molecular flexibility index (Phi) is 3.17. The second-order valence-corrected chi connectivity index (χ2v) is 4.83. The first-order valence-corrected chi connectivity index (χ1v) is 6.30. The Bertz CT molecular complexity index is 279. The summed E-state index contributed by atoms with van der Waals surface area (Å²) in [6, 6.07) is -0.160. The van der Waals surface area contributed by atoms with Crippen LogP contribution in [0.25, 0.3) is 0 Å². The molecule has 0 N–H and O–H groups in total. The Morgan fingerprint density at radius 1 is 1.38 bits per heavy atom. The third kappa shape index (κ3) is 1.70. The molecule has 0 bridgehead atoms. The predicted molar refractivity (Wildman–Crippen MR) is 61.0 cm³/mol. The van der Waals surface area contributed by atoms with Gasteiger partial charge in [-0.25, -0.2) is 4.79 Å². The van der Waals surface area contributed by atoms with E-state index in [1.54, 1.807) is 4.90 Å². The molecule has 2 rings (SSSR count). The molecule has 2 aliphatic heterocycles. The van der Waals surface area contributed by atoms with Crippen LogP contribution in [0.1, 0.15) is 46.0 Å². The summed E-state index contributed by atoms with van der Waals surface area (Å²) in [7, 11) is 0. The number of amides is 3. The van der Waals surface area contributed by atoms with Crippen molar-refractivity contribution in [3.05, 3.63) is 0 Å². The van der Waals surface area contributed by atoms with E-state index in [-0.39, 0.29) is 24.0 Å². The molecule has 0 radical (unpaired) electrons. The lowest BCUT2D eigenvalue weighted by atomic mass is 10.0. The van der Waals surface area contributed by atoms with Gasteiger partial charge >= 0.3 is 6.03 Å². The van der Waals surface area contributed by atoms with Crippen LogP contribution in [0.5, 0.6) is 0 Å². The highest BCUT2D eigenvalue weighted by Gasteiger charge is 2.47. The number of imide groups is 1. The van der Waals surface area contributed by atoms with E-state index in [1.807, 2.05) is 6.92 Å². The van der Waals surface area contributed by atoms with E-state index in [0.717, 1.165) is 38.6 Å². The van der Waals surface area contributed by atoms with Crippen LogP contribution >= 0.6 is 0 Å². The fourth-order valence-electron chi connectivity index (χ4n) is 2.76. The van der Waals surface area contributed by atoms with E-state index in [1.165, 1.54) is 4.90 Å². The van der Waals surface area contributed by atoms with Crippen LogP contribution in [0.2, 0.25) is 0 Å². The lowest BCUT2D eigenvalue weighted by Gasteiger charge is -2.26. The summed E-state index contributed by atoms with van der Waals surface area (Å²) in [5.41, 5.74) is 0. The van der Waals surface area contributed by atoms with Crippen molar-refractivity contribution in [3.8, 4) is 0 Å². The Morgan fingerprint density at radius 2 is 2.12 bits per heavy atom. The Balaban J connectivity index is 2.15. The number of carbonyl (C=O) groups excluding carboxylic acids is 2. The van der Waals surface area contributed by atoms with E-state index < -0.39 is 0 Å². The summed E-state index contributed by atoms with van der Waals surface area (Å²) in [5, 5.41) is 0. The molecule has 4 heteroatoms. The zero-order chi connectivity index (χ0) is 11.7. The molecular formula is C12H20N2O2. The lowest BCUT2D eigenvalue weighted by Crippen LogP contribution is -2.40. The molecular weight excluding hydrogens is 204 g/mol. The summed E-state index contributed by atoms with van der Waals surface area (Å²) >= 11 is 0. The summed E-state index contributed by atoms with van der Waals surface area (Å²) < 4.78 is 0. The van der Waals surface area contributed by atoms with E-state index >= 15 is 0 Å². The zero-order valence-electron chi connectivity index (χ0n) is 10.1. The maximum Gasteiger partial charge on any atom is 0.327 e. The van der Waals surface area contributed by atoms with Crippen LogP contribution in [0.4, 0.5) is 4.79 Å². The summed E-state index contributed by atoms with van der Waals surface area (Å²) in [6.07, 6.45) is 4.85. The van der Waals surface area contributed by atoms with Gasteiger partial charge < -0.3 is 4.90 Å². The summed E-state index contributed by atoms with van der Waals surface area (Å²) in [5.74, 6) is 0.0330. The van der Waals surface area contributed by atoms with E-state index in [2.05, 4.69) is 6.92 Å². The largest absolute Gasteiger partial charge is 0.327 e. The topological polar surface area (TPSA) is 40.6 Å². The third-order valence-electron chi connectivity index (χ3n) is 3.62. The van der Waals surface area contributed by atoms with Gasteiger partial charge in [0.25, 0.3) is 5.91 Å². The van der Waals surface area contributed by atoms with Crippen molar-refractivity contribution < 1.29 is 9.59 Å². The third-order valence-corrected chi connectivity index (χ3v) is 3.62. The van der Waals surface area contributed by atoms with Gasteiger partial charge in [-0.15, -0.1) is 0 Å². The van der Waals surface area contributed by atoms with Gasteiger partial charge in [0.1, 0.15) is 6.04 Å². The maximum absolute atomic E-state index is 12.1. The number of rotatable bonds is 3. The number of carbonyl (C=O) groups is 2. The number of hydrogen-bond acceptors (Lipinski definition) is 2. The Hall–Kier alpha value is -1.06. The SMILES string of the molecule is CCCC(C)N1C(=O)C2CCCCN2C1=O. The van der Waals surface area contributed by atoms with Gasteiger partial charge in [-0.3, -0.25) is 9.69 Å². The Morgan fingerprint density at radius 3 is 2.75 bits per heavy atom. The monoisotopic (exact) mass is 224 g/mol. The molecule has 0 aromatic rings. The molecule has 4 nitrogen and oxygen atoms in total. The molecule has 16 heavy (non-hydrogen) atoms. The fourth-order valence-corrected chi connectivity index (χ4v) is 2.76. The van der Waals surface area contributed by atoms with Crippen molar-refractivity contribution in [2.24, 2.45) is 0 Å². The van der Waals surface area contributed by atoms with Crippen molar-refractivity contribution >= 4 is 11.9 Å². The van der Waals surface area contributed by atoms with Crippen LogP contribution < -0.4 is 0 Å². The minimum Gasteiger partial charge on any atom is -0.312 e. The van der Waals surface area contributed by atoms with Crippen LogP contribution in [0.15, 0.2) is 0 Å². The highest BCUT2D eigenvalue weighted by atomic mass is 16.2. The molecule has 3 amide bonds. The number of fused-ring (bicyclic) bond motifs is 1. The van der Waals surface area contributed by atoms with E-state index in [0.29, 0.717) is 0 Å². The van der Waals surface area contributed by atoms with Gasteiger partial charge in [0, 0.05) is 12.6 Å². The minimum atomic E-state index is -0.152. The molecule has 0 saturated carbocycles. The van der Waals surface area contributed by atoms with Crippen LogP contribution in [0.3, 0.4) is 0 Å². The number of hydrogen-bond donors (Lipinski definition) is 0. The van der Waals surface area contributed by atoms with Crippen LogP contribution in [-0.2, 0) is 4.79 Å². The molecule has 2 atom stereocenters. The maximum atomic E-state index is 12.1. The number of nitrogens with zero attached hydrogens (tertiary/aromatic N) is 2. The normalized spacial score (nSPS) is 27.2. The van der Waals surface area contributed by atoms with Crippen molar-refractivity contribution in [1.29, 1.82) is 0 Å². The standard InChI is InChI=1S/C12H20N2O2/c1-3-6-9(2)14-11(15)10-7-4-5-8-13(10)12(14)16/h9-10H,3-8H2,1-2H3. The average Bonchev–Trinajstić information content (AvgIpc) is 2.53. The number of urea groups is 1. The Labute approximate surface area is 96.6 Å². The van der Waals surface area contributed by atoms with Gasteiger partial charge in [0.15, 0.2) is 0 Å². The first-order chi connectivity index (χ1) is 7.66. The smallest absolute Gasteiger partial charge is 0.312 e. The summed E-state index contributed by atoms with van der Waals surface area (Å²) in [4.78, 5) is 27.5. The minimum absolute atomic E-state index is 0.0330. The molecule has 2 fully saturated rings. The van der Waals surface area contributed by atoms with Gasteiger partial charge in [-0.1, -0.05) is 13.3 Å². The van der Waals surface area contributed by atoms with Crippen molar-refractivity contribution in [3.63, 3.8) is 0 Å². The highest BCUT2D eigenvalue weighted by Crippen LogP contribution is 2.28. The van der Waals surface area contributed by atoms with Gasteiger partial charge in [0.2, 0.25) is 0 Å². The summed E-state index contributed by atoms with van der Waals surface area (Å²) in [6.45, 7) is 4.80. The molecule has 0 spiro atoms. The molecule has 2 unspecified atom stereocenters. The number of piperidine rings is 1. The average molecular weight is 224 g/mol. The van der Waals surface area contributed by atoms with Crippen molar-refractivity contribution in [2.75, 3.05) is 6.54 Å². The van der Waals surface area contributed by atoms with Crippen molar-refractivity contribution in [2.45, 2.75) is 58.0 Å². The van der Waals surface area contributed by atoms with Crippen LogP contribution in [0, 0.1) is 0 Å². The molecule has 0 aromatic heterocycles. The van der Waals surface area contributed by atoms with Gasteiger partial charge in [0.05, 0.1) is 0 Å². The molecule has 2 heterocycles. The van der Waals surface area contributed by atoms with Crippen molar-refractivity contribution in [1.82, 2.24) is 9.80 Å². The highest BCUT2D eigenvalue weighted by molar-refractivity contribution is 6.04. The lowest BCUT2D eigenvalue weighted by molar-refractivity contribution is -0.130. The quantitative estimate of drug-likeness (QED) is 0.688. The molecule has 90 valence electrons. The molecule has 2 aliphatic rings. The zero-order valence-corrected chi connectivity index (χ0v) is 10.1. The second-order valence-electron chi connectivity index (χ2n) is 4.83. The second kappa shape index (κ2) is 4.44. The van der Waals surface area contributed by atoms with E-state index in [4.69, 9.17) is 0 Å². The van der Waals surface area contributed by atoms with Gasteiger partial charge in [-0.05, 0) is 32.6 Å². The van der Waals surface area contributed by atoms with Crippen LogP contribution in [-0.4, -0.2) is 40.4 Å². The fraction of sp³-hybridized carbons (Fsp3) is 0.833.